The zero-order valence-corrected chi connectivity index (χ0v) is 12.9. The van der Waals surface area contributed by atoms with Crippen molar-refractivity contribution < 1.29 is 4.74 Å². The first-order valence-corrected chi connectivity index (χ1v) is 7.34. The first kappa shape index (κ1) is 14.7. The molecule has 1 aromatic carbocycles. The van der Waals surface area contributed by atoms with Crippen LogP contribution in [0.25, 0.3) is 11.0 Å². The molecule has 0 aliphatic heterocycles. The Kier molecular flexibility index (Phi) is 4.53. The molecule has 0 amide bonds. The van der Waals surface area contributed by atoms with Crippen LogP contribution in [0.2, 0.25) is 0 Å². The quantitative estimate of drug-likeness (QED) is 0.866. The highest BCUT2D eigenvalue weighted by atomic mass is 16.5. The fourth-order valence-electron chi connectivity index (χ4n) is 2.63. The number of benzene rings is 1. The molecule has 0 radical (unpaired) electrons. The van der Waals surface area contributed by atoms with Crippen molar-refractivity contribution in [3.8, 4) is 5.75 Å². The van der Waals surface area contributed by atoms with Gasteiger partial charge in [-0.3, -0.25) is 0 Å². The Morgan fingerprint density at radius 2 is 2.00 bits per heavy atom. The Bertz CT molecular complexity index is 574. The van der Waals surface area contributed by atoms with Crippen LogP contribution in [0.5, 0.6) is 5.75 Å². The first-order valence-electron chi connectivity index (χ1n) is 7.34. The third-order valence-electron chi connectivity index (χ3n) is 3.77. The van der Waals surface area contributed by atoms with E-state index >= 15 is 0 Å². The van der Waals surface area contributed by atoms with Crippen molar-refractivity contribution in [3.05, 3.63) is 18.2 Å². The SMILES string of the molecule is COc1ccc2nc(N)n(C(C)CCCC(C)C)c2c1. The molecule has 0 aliphatic rings. The molecule has 2 N–H and O–H groups in total. The van der Waals surface area contributed by atoms with Crippen molar-refractivity contribution in [1.29, 1.82) is 0 Å². The Labute approximate surface area is 120 Å². The molecule has 0 aliphatic carbocycles. The van der Waals surface area contributed by atoms with Gasteiger partial charge in [-0.1, -0.05) is 26.7 Å². The number of imidazole rings is 1. The van der Waals surface area contributed by atoms with Crippen LogP contribution in [0.3, 0.4) is 0 Å². The summed E-state index contributed by atoms with van der Waals surface area (Å²) in [6.07, 6.45) is 3.58. The van der Waals surface area contributed by atoms with Crippen LogP contribution in [-0.4, -0.2) is 16.7 Å². The number of nitrogens with two attached hydrogens (primary N) is 1. The standard InChI is InChI=1S/C16H25N3O/c1-11(2)6-5-7-12(3)19-15-10-13(20-4)8-9-14(15)18-16(19)17/h8-12H,5-7H2,1-4H3,(H2,17,18). The fraction of sp³-hybridized carbons (Fsp3) is 0.562. The Balaban J connectivity index is 2.25. The minimum absolute atomic E-state index is 0.353. The normalized spacial score (nSPS) is 13.1. The van der Waals surface area contributed by atoms with E-state index in [0.717, 1.165) is 29.1 Å². The van der Waals surface area contributed by atoms with E-state index in [0.29, 0.717) is 12.0 Å². The third kappa shape index (κ3) is 3.06. The number of hydrogen-bond acceptors (Lipinski definition) is 3. The van der Waals surface area contributed by atoms with E-state index in [1.807, 2.05) is 18.2 Å². The predicted molar refractivity (Wildman–Crippen MR) is 84.1 cm³/mol. The first-order chi connectivity index (χ1) is 9.52. The molecule has 1 unspecified atom stereocenters. The van der Waals surface area contributed by atoms with Crippen LogP contribution in [0.15, 0.2) is 18.2 Å². The van der Waals surface area contributed by atoms with Gasteiger partial charge >= 0.3 is 0 Å². The minimum Gasteiger partial charge on any atom is -0.497 e. The van der Waals surface area contributed by atoms with Gasteiger partial charge in [0.05, 0.1) is 18.1 Å². The topological polar surface area (TPSA) is 53.1 Å². The van der Waals surface area contributed by atoms with Crippen molar-refractivity contribution in [2.75, 3.05) is 12.8 Å². The fourth-order valence-corrected chi connectivity index (χ4v) is 2.63. The Hall–Kier alpha value is -1.71. The van der Waals surface area contributed by atoms with E-state index in [1.54, 1.807) is 7.11 Å². The lowest BCUT2D eigenvalue weighted by Crippen LogP contribution is -2.09. The molecular formula is C16H25N3O. The monoisotopic (exact) mass is 275 g/mol. The summed E-state index contributed by atoms with van der Waals surface area (Å²) < 4.78 is 7.42. The van der Waals surface area contributed by atoms with Gasteiger partial charge in [-0.2, -0.15) is 0 Å². The zero-order valence-electron chi connectivity index (χ0n) is 12.9. The molecule has 1 atom stereocenters. The number of aromatic nitrogens is 2. The second-order valence-corrected chi connectivity index (χ2v) is 5.87. The van der Waals surface area contributed by atoms with Gasteiger partial charge < -0.3 is 15.0 Å². The smallest absolute Gasteiger partial charge is 0.201 e. The van der Waals surface area contributed by atoms with Crippen molar-refractivity contribution in [2.24, 2.45) is 5.92 Å². The molecule has 0 saturated carbocycles. The molecule has 0 spiro atoms. The summed E-state index contributed by atoms with van der Waals surface area (Å²) in [6.45, 7) is 6.73. The lowest BCUT2D eigenvalue weighted by molar-refractivity contribution is 0.414. The van der Waals surface area contributed by atoms with Crippen molar-refractivity contribution in [1.82, 2.24) is 9.55 Å². The second kappa shape index (κ2) is 6.16. The number of hydrogen-bond donors (Lipinski definition) is 1. The van der Waals surface area contributed by atoms with E-state index in [1.165, 1.54) is 12.8 Å². The molecule has 20 heavy (non-hydrogen) atoms. The minimum atomic E-state index is 0.353. The van der Waals surface area contributed by atoms with Crippen LogP contribution >= 0.6 is 0 Å². The van der Waals surface area contributed by atoms with Gasteiger partial charge in [-0.15, -0.1) is 0 Å². The van der Waals surface area contributed by atoms with E-state index in [-0.39, 0.29) is 0 Å². The average molecular weight is 275 g/mol. The van der Waals surface area contributed by atoms with Crippen molar-refractivity contribution >= 4 is 17.0 Å². The van der Waals surface area contributed by atoms with Gasteiger partial charge in [-0.05, 0) is 31.4 Å². The number of nitrogens with zero attached hydrogens (tertiary/aromatic N) is 2. The molecular weight excluding hydrogens is 250 g/mol. The molecule has 4 heteroatoms. The van der Waals surface area contributed by atoms with E-state index in [9.17, 15) is 0 Å². The number of rotatable bonds is 6. The van der Waals surface area contributed by atoms with Gasteiger partial charge in [0.25, 0.3) is 0 Å². The van der Waals surface area contributed by atoms with E-state index in [4.69, 9.17) is 10.5 Å². The van der Waals surface area contributed by atoms with Gasteiger partial charge in [0, 0.05) is 12.1 Å². The van der Waals surface area contributed by atoms with Crippen molar-refractivity contribution in [2.45, 2.75) is 46.1 Å². The van der Waals surface area contributed by atoms with Crippen molar-refractivity contribution in [3.63, 3.8) is 0 Å². The highest BCUT2D eigenvalue weighted by Gasteiger charge is 2.14. The van der Waals surface area contributed by atoms with E-state index < -0.39 is 0 Å². The highest BCUT2D eigenvalue weighted by molar-refractivity contribution is 5.80. The maximum atomic E-state index is 6.09. The molecule has 0 fully saturated rings. The number of nitrogen functional groups attached to an aromatic ring is 1. The van der Waals surface area contributed by atoms with Crippen LogP contribution < -0.4 is 10.5 Å². The van der Waals surface area contributed by atoms with Gasteiger partial charge in [0.2, 0.25) is 5.95 Å². The van der Waals surface area contributed by atoms with Crippen LogP contribution in [-0.2, 0) is 0 Å². The summed E-state index contributed by atoms with van der Waals surface area (Å²) in [5.74, 6) is 2.18. The summed E-state index contributed by atoms with van der Waals surface area (Å²) in [4.78, 5) is 4.44. The average Bonchev–Trinajstić information content (AvgIpc) is 2.72. The van der Waals surface area contributed by atoms with Gasteiger partial charge in [0.1, 0.15) is 5.75 Å². The number of anilines is 1. The van der Waals surface area contributed by atoms with Crippen LogP contribution in [0.1, 0.15) is 46.1 Å². The molecule has 0 bridgehead atoms. The third-order valence-corrected chi connectivity index (χ3v) is 3.77. The Morgan fingerprint density at radius 3 is 2.65 bits per heavy atom. The number of methoxy groups -OCH3 is 1. The Morgan fingerprint density at radius 1 is 1.25 bits per heavy atom. The predicted octanol–water partition coefficient (Wildman–Crippen LogP) is 4.01. The molecule has 2 rings (SSSR count). The second-order valence-electron chi connectivity index (χ2n) is 5.87. The lowest BCUT2D eigenvalue weighted by Gasteiger charge is -2.16. The summed E-state index contributed by atoms with van der Waals surface area (Å²) >= 11 is 0. The van der Waals surface area contributed by atoms with E-state index in [2.05, 4.69) is 30.3 Å². The number of ether oxygens (including phenoxy) is 1. The maximum Gasteiger partial charge on any atom is 0.201 e. The van der Waals surface area contributed by atoms with Gasteiger partial charge in [0.15, 0.2) is 0 Å². The summed E-state index contributed by atoms with van der Waals surface area (Å²) in [7, 11) is 1.68. The molecule has 4 nitrogen and oxygen atoms in total. The molecule has 1 aromatic heterocycles. The molecule has 2 aromatic rings. The maximum absolute atomic E-state index is 6.09. The van der Waals surface area contributed by atoms with Crippen LogP contribution in [0, 0.1) is 5.92 Å². The number of fused-ring (bicyclic) bond motifs is 1. The van der Waals surface area contributed by atoms with Crippen LogP contribution in [0.4, 0.5) is 5.95 Å². The zero-order chi connectivity index (χ0) is 14.7. The largest absolute Gasteiger partial charge is 0.497 e. The molecule has 1 heterocycles. The lowest BCUT2D eigenvalue weighted by atomic mass is 10.0. The summed E-state index contributed by atoms with van der Waals surface area (Å²) in [5, 5.41) is 0. The molecule has 110 valence electrons. The highest BCUT2D eigenvalue weighted by Crippen LogP contribution is 2.28. The molecule has 0 saturated heterocycles. The summed E-state index contributed by atoms with van der Waals surface area (Å²) in [5.41, 5.74) is 8.07. The summed E-state index contributed by atoms with van der Waals surface area (Å²) in [6, 6.07) is 6.24. The van der Waals surface area contributed by atoms with Gasteiger partial charge in [-0.25, -0.2) is 4.98 Å².